The molecule has 3 aromatic rings. The quantitative estimate of drug-likeness (QED) is 0.391. The number of carbonyl (C=O) groups is 2. The highest BCUT2D eigenvalue weighted by Crippen LogP contribution is 2.43. The maximum absolute atomic E-state index is 11.8. The van der Waals surface area contributed by atoms with Crippen molar-refractivity contribution in [3.63, 3.8) is 0 Å². The number of rotatable bonds is 6. The van der Waals surface area contributed by atoms with Crippen molar-refractivity contribution in [1.82, 2.24) is 0 Å². The van der Waals surface area contributed by atoms with Gasteiger partial charge in [-0.1, -0.05) is 96.8 Å². The van der Waals surface area contributed by atoms with Gasteiger partial charge in [-0.3, -0.25) is 9.59 Å². The summed E-state index contributed by atoms with van der Waals surface area (Å²) in [6.45, 7) is -2.13. The van der Waals surface area contributed by atoms with Crippen LogP contribution in [0, 0.1) is 0 Å². The Morgan fingerprint density at radius 3 is 1.36 bits per heavy atom. The predicted octanol–water partition coefficient (Wildman–Crippen LogP) is 2.94. The molecule has 3 aromatic carbocycles. The van der Waals surface area contributed by atoms with Crippen molar-refractivity contribution in [3.8, 4) is 0 Å². The average molecular weight is 346 g/mol. The lowest BCUT2D eigenvalue weighted by molar-refractivity contribution is -0.129. The van der Waals surface area contributed by atoms with Gasteiger partial charge in [0.25, 0.3) is 0 Å². The van der Waals surface area contributed by atoms with E-state index in [1.807, 2.05) is 54.6 Å². The lowest BCUT2D eigenvalue weighted by Gasteiger charge is -2.28. The molecular weight excluding hydrogens is 327 g/mol. The molecule has 0 radical (unpaired) electrons. The molecule has 0 aliphatic heterocycles. The molecule has 0 heterocycles. The standard InChI is InChI=1S/C22H19O2P/c23-18-19(24)16-17-25(20-10-4-1-5-11-20,21-12-6-2-7-13-21)22-14-8-3-9-15-22/h1-15,17-18H,16H2. The first-order valence-electron chi connectivity index (χ1n) is 8.15. The van der Waals surface area contributed by atoms with Gasteiger partial charge >= 0.3 is 0 Å². The minimum Gasteiger partial charge on any atom is -0.295 e. The number of carbonyl (C=O) groups excluding carboxylic acids is 2. The smallest absolute Gasteiger partial charge is 0.198 e. The summed E-state index contributed by atoms with van der Waals surface area (Å²) in [7, 11) is 0. The molecule has 0 aliphatic carbocycles. The largest absolute Gasteiger partial charge is 0.295 e. The van der Waals surface area contributed by atoms with Crippen molar-refractivity contribution in [2.75, 3.05) is 0 Å². The lowest BCUT2D eigenvalue weighted by Crippen LogP contribution is -2.27. The molecule has 0 saturated carbocycles. The Morgan fingerprint density at radius 1 is 0.680 bits per heavy atom. The van der Waals surface area contributed by atoms with E-state index in [2.05, 4.69) is 42.2 Å². The van der Waals surface area contributed by atoms with Gasteiger partial charge in [-0.25, -0.2) is 0 Å². The van der Waals surface area contributed by atoms with E-state index in [0.29, 0.717) is 6.29 Å². The van der Waals surface area contributed by atoms with E-state index in [0.717, 1.165) is 0 Å². The van der Waals surface area contributed by atoms with Gasteiger partial charge in [0, 0.05) is 6.42 Å². The maximum atomic E-state index is 11.8. The van der Waals surface area contributed by atoms with E-state index >= 15 is 0 Å². The zero-order chi connectivity index (χ0) is 17.5. The molecule has 0 aliphatic rings. The summed E-state index contributed by atoms with van der Waals surface area (Å²) in [6.07, 6.45) is 0.544. The zero-order valence-electron chi connectivity index (χ0n) is 13.8. The monoisotopic (exact) mass is 346 g/mol. The van der Waals surface area contributed by atoms with E-state index in [1.165, 1.54) is 15.9 Å². The second-order valence-corrected chi connectivity index (χ2v) is 9.06. The van der Waals surface area contributed by atoms with Gasteiger partial charge in [-0.05, 0) is 22.8 Å². The summed E-state index contributed by atoms with van der Waals surface area (Å²) in [4.78, 5) is 22.6. The van der Waals surface area contributed by atoms with Crippen LogP contribution < -0.4 is 15.9 Å². The fourth-order valence-electron chi connectivity index (χ4n) is 3.03. The molecule has 0 bridgehead atoms. The van der Waals surface area contributed by atoms with E-state index in [-0.39, 0.29) is 6.42 Å². The third-order valence-corrected chi connectivity index (χ3v) is 8.26. The molecule has 0 aromatic heterocycles. The van der Waals surface area contributed by atoms with Crippen molar-refractivity contribution >= 4 is 40.7 Å². The van der Waals surface area contributed by atoms with E-state index < -0.39 is 12.7 Å². The molecule has 0 spiro atoms. The second kappa shape index (κ2) is 7.92. The fraction of sp³-hybridized carbons (Fsp3) is 0.0455. The summed E-state index contributed by atoms with van der Waals surface area (Å²) >= 11 is 0. The van der Waals surface area contributed by atoms with Crippen molar-refractivity contribution in [3.05, 3.63) is 91.0 Å². The number of hydrogen-bond acceptors (Lipinski definition) is 2. The molecule has 0 fully saturated rings. The molecular formula is C22H19O2P. The molecule has 3 heteroatoms. The Morgan fingerprint density at radius 2 is 1.04 bits per heavy atom. The van der Waals surface area contributed by atoms with Crippen molar-refractivity contribution in [2.24, 2.45) is 0 Å². The first-order valence-corrected chi connectivity index (χ1v) is 10.0. The Balaban J connectivity index is 2.36. The molecule has 124 valence electrons. The summed E-state index contributed by atoms with van der Waals surface area (Å²) < 4.78 is 0. The molecule has 0 saturated heterocycles. The van der Waals surface area contributed by atoms with E-state index in [9.17, 15) is 9.59 Å². The third-order valence-electron chi connectivity index (χ3n) is 4.19. The van der Waals surface area contributed by atoms with Gasteiger partial charge < -0.3 is 0 Å². The summed E-state index contributed by atoms with van der Waals surface area (Å²) in [5.41, 5.74) is 0. The summed E-state index contributed by atoms with van der Waals surface area (Å²) in [6, 6.07) is 30.7. The van der Waals surface area contributed by atoms with Crippen LogP contribution in [0.15, 0.2) is 91.0 Å². The van der Waals surface area contributed by atoms with Gasteiger partial charge in [0.05, 0.1) is 0 Å². The summed E-state index contributed by atoms with van der Waals surface area (Å²) in [5, 5.41) is 3.52. The van der Waals surface area contributed by atoms with Gasteiger partial charge in [0.2, 0.25) is 0 Å². The third kappa shape index (κ3) is 3.55. The number of Topliss-reactive ketones (excluding diaryl/α,β-unsaturated/α-hetero) is 1. The van der Waals surface area contributed by atoms with Crippen LogP contribution in [-0.4, -0.2) is 17.9 Å². The van der Waals surface area contributed by atoms with Crippen LogP contribution in [0.25, 0.3) is 0 Å². The number of benzene rings is 3. The van der Waals surface area contributed by atoms with E-state index in [1.54, 1.807) is 0 Å². The van der Waals surface area contributed by atoms with Crippen LogP contribution in [0.5, 0.6) is 0 Å². The van der Waals surface area contributed by atoms with E-state index in [4.69, 9.17) is 0 Å². The average Bonchev–Trinajstić information content (AvgIpc) is 2.71. The van der Waals surface area contributed by atoms with Crippen LogP contribution in [0.3, 0.4) is 0 Å². The topological polar surface area (TPSA) is 34.1 Å². The van der Waals surface area contributed by atoms with Crippen molar-refractivity contribution in [1.29, 1.82) is 0 Å². The number of ketones is 1. The Bertz CT molecular complexity index is 797. The highest BCUT2D eigenvalue weighted by molar-refractivity contribution is 7.94. The first kappa shape index (κ1) is 17.1. The van der Waals surface area contributed by atoms with Crippen LogP contribution in [0.1, 0.15) is 6.42 Å². The minimum absolute atomic E-state index is 0.135. The maximum Gasteiger partial charge on any atom is 0.198 e. The first-order chi connectivity index (χ1) is 12.3. The van der Waals surface area contributed by atoms with Gasteiger partial charge in [-0.2, -0.15) is 0 Å². The van der Waals surface area contributed by atoms with Crippen LogP contribution in [0.4, 0.5) is 0 Å². The molecule has 0 unspecified atom stereocenters. The fourth-order valence-corrected chi connectivity index (χ4v) is 6.94. The molecule has 0 amide bonds. The highest BCUT2D eigenvalue weighted by atomic mass is 31.2. The normalized spacial score (nSPS) is 10.9. The second-order valence-electron chi connectivity index (χ2n) is 5.70. The lowest BCUT2D eigenvalue weighted by atomic mass is 10.3. The Hall–Kier alpha value is -2.70. The Labute approximate surface area is 148 Å². The van der Waals surface area contributed by atoms with Gasteiger partial charge in [-0.15, -0.1) is 0 Å². The molecule has 2 nitrogen and oxygen atoms in total. The SMILES string of the molecule is O=CC(=O)CC=P(c1ccccc1)(c1ccccc1)c1ccccc1. The van der Waals surface area contributed by atoms with Gasteiger partial charge in [0.15, 0.2) is 12.1 Å². The van der Waals surface area contributed by atoms with Crippen LogP contribution in [0.2, 0.25) is 0 Å². The molecule has 0 N–H and O–H groups in total. The predicted molar refractivity (Wildman–Crippen MR) is 107 cm³/mol. The zero-order valence-corrected chi connectivity index (χ0v) is 14.7. The van der Waals surface area contributed by atoms with Crippen LogP contribution >= 0.6 is 6.89 Å². The van der Waals surface area contributed by atoms with Crippen molar-refractivity contribution in [2.45, 2.75) is 6.42 Å². The number of hydrogen-bond donors (Lipinski definition) is 0. The number of aldehydes is 1. The highest BCUT2D eigenvalue weighted by Gasteiger charge is 2.24. The molecule has 3 rings (SSSR count). The van der Waals surface area contributed by atoms with Crippen molar-refractivity contribution < 1.29 is 9.59 Å². The minimum atomic E-state index is -2.13. The summed E-state index contributed by atoms with van der Waals surface area (Å²) in [5.74, 6) is 1.66. The molecule has 25 heavy (non-hydrogen) atoms. The molecule has 0 atom stereocenters. The van der Waals surface area contributed by atoms with Gasteiger partial charge in [0.1, 0.15) is 0 Å². The van der Waals surface area contributed by atoms with Crippen LogP contribution in [-0.2, 0) is 9.59 Å². The Kier molecular flexibility index (Phi) is 5.42.